The molecule has 2 aliphatic rings. The van der Waals surface area contributed by atoms with E-state index < -0.39 is 85.3 Å². The average Bonchev–Trinajstić information content (AvgIpc) is 3.05. The second kappa shape index (κ2) is 18.4. The molecule has 0 radical (unpaired) electrons. The molecular formula is C35H56N2O11. The number of carbonyl (C=O) groups excluding carboxylic acids is 3. The Hall–Kier alpha value is -2.65. The lowest BCUT2D eigenvalue weighted by Crippen LogP contribution is -2.59. The van der Waals surface area contributed by atoms with Crippen LogP contribution in [-0.4, -0.2) is 123 Å². The number of ether oxygens (including phenoxy) is 3. The van der Waals surface area contributed by atoms with Crippen LogP contribution in [-0.2, 0) is 35.0 Å². The molecule has 2 heterocycles. The second-order valence-corrected chi connectivity index (χ2v) is 13.9. The maximum Gasteiger partial charge on any atom is 0.329 e. The van der Waals surface area contributed by atoms with Crippen LogP contribution in [0.3, 0.4) is 0 Å². The van der Waals surface area contributed by atoms with E-state index in [2.05, 4.69) is 5.32 Å². The third-order valence-corrected chi connectivity index (χ3v) is 9.64. The number of cyclic esters (lactones) is 1. The minimum absolute atomic E-state index is 0.0456. The number of rotatable bonds is 12. The summed E-state index contributed by atoms with van der Waals surface area (Å²) < 4.78 is 17.3. The van der Waals surface area contributed by atoms with E-state index in [0.717, 1.165) is 5.56 Å². The van der Waals surface area contributed by atoms with E-state index in [1.807, 2.05) is 51.1 Å². The van der Waals surface area contributed by atoms with Crippen LogP contribution < -0.4 is 5.32 Å². The molecule has 0 aliphatic carbocycles. The van der Waals surface area contributed by atoms with Crippen molar-refractivity contribution in [3.63, 3.8) is 0 Å². The summed E-state index contributed by atoms with van der Waals surface area (Å²) in [6, 6.07) is 7.44. The quantitative estimate of drug-likeness (QED) is 0.136. The number of hydrogen-bond donors (Lipinski definition) is 6. The van der Waals surface area contributed by atoms with Gasteiger partial charge in [0.05, 0.1) is 24.7 Å². The van der Waals surface area contributed by atoms with Gasteiger partial charge in [0.1, 0.15) is 42.6 Å². The highest BCUT2D eigenvalue weighted by Gasteiger charge is 2.44. The van der Waals surface area contributed by atoms with Crippen LogP contribution in [0.5, 0.6) is 0 Å². The first-order chi connectivity index (χ1) is 22.7. The van der Waals surface area contributed by atoms with Crippen molar-refractivity contribution in [1.29, 1.82) is 0 Å². The van der Waals surface area contributed by atoms with Gasteiger partial charge >= 0.3 is 5.97 Å². The average molecular weight is 681 g/mol. The molecule has 2 saturated heterocycles. The fourth-order valence-corrected chi connectivity index (χ4v) is 6.41. The number of amides is 2. The maximum atomic E-state index is 13.8. The zero-order chi connectivity index (χ0) is 35.7. The lowest BCUT2D eigenvalue weighted by molar-refractivity contribution is -0.310. The molecule has 272 valence electrons. The van der Waals surface area contributed by atoms with Gasteiger partial charge in [-0.1, -0.05) is 70.9 Å². The number of hydrogen-bond acceptors (Lipinski definition) is 11. The van der Waals surface area contributed by atoms with E-state index in [-0.39, 0.29) is 30.8 Å². The number of aliphatic hydroxyl groups excluding tert-OH is 5. The Kier molecular flexibility index (Phi) is 15.2. The predicted molar refractivity (Wildman–Crippen MR) is 175 cm³/mol. The molecule has 3 rings (SSSR count). The van der Waals surface area contributed by atoms with Crippen molar-refractivity contribution in [3.05, 3.63) is 35.9 Å². The Morgan fingerprint density at radius 2 is 1.60 bits per heavy atom. The van der Waals surface area contributed by atoms with E-state index >= 15 is 0 Å². The molecule has 48 heavy (non-hydrogen) atoms. The summed E-state index contributed by atoms with van der Waals surface area (Å²) in [5, 5.41) is 53.7. The van der Waals surface area contributed by atoms with Crippen LogP contribution in [0.1, 0.15) is 72.3 Å². The number of esters is 1. The lowest BCUT2D eigenvalue weighted by Gasteiger charge is -2.40. The summed E-state index contributed by atoms with van der Waals surface area (Å²) in [6.45, 7) is 8.42. The first-order valence-electron chi connectivity index (χ1n) is 17.1. The number of unbranched alkanes of at least 4 members (excludes halogenated alkanes) is 1. The van der Waals surface area contributed by atoms with Crippen LogP contribution in [0.15, 0.2) is 30.3 Å². The van der Waals surface area contributed by atoms with E-state index in [1.54, 1.807) is 20.9 Å². The van der Waals surface area contributed by atoms with Crippen LogP contribution in [0.4, 0.5) is 0 Å². The topological polar surface area (TPSA) is 195 Å². The fraction of sp³-hybridized carbons (Fsp3) is 0.743. The molecule has 2 amide bonds. The monoisotopic (exact) mass is 680 g/mol. The zero-order valence-corrected chi connectivity index (χ0v) is 29.0. The highest BCUT2D eigenvalue weighted by atomic mass is 16.7. The summed E-state index contributed by atoms with van der Waals surface area (Å²) in [7, 11) is 1.55. The van der Waals surface area contributed by atoms with Crippen molar-refractivity contribution in [3.8, 4) is 0 Å². The van der Waals surface area contributed by atoms with Crippen molar-refractivity contribution in [2.45, 2.75) is 134 Å². The molecule has 6 N–H and O–H groups in total. The molecule has 2 aliphatic heterocycles. The first-order valence-corrected chi connectivity index (χ1v) is 17.1. The summed E-state index contributed by atoms with van der Waals surface area (Å²) in [4.78, 5) is 42.2. The number of aliphatic hydroxyl groups is 5. The third-order valence-electron chi connectivity index (χ3n) is 9.64. The SMILES string of the molecule is CC(CCCCC(C)C1CC(O)C(C)C(=O)NC(Cc2ccccc2)C(=O)N(C)C(C(C)C)C(=O)O1)OC1OC(CO)C(O)C(O)C1O. The van der Waals surface area contributed by atoms with Gasteiger partial charge in [-0.15, -0.1) is 0 Å². The highest BCUT2D eigenvalue weighted by Crippen LogP contribution is 2.27. The Morgan fingerprint density at radius 1 is 0.958 bits per heavy atom. The molecule has 13 nitrogen and oxygen atoms in total. The zero-order valence-electron chi connectivity index (χ0n) is 29.0. The Bertz CT molecular complexity index is 1170. The first kappa shape index (κ1) is 39.8. The maximum absolute atomic E-state index is 13.8. The molecule has 12 unspecified atom stereocenters. The van der Waals surface area contributed by atoms with E-state index in [1.165, 1.54) is 4.90 Å². The molecular weight excluding hydrogens is 624 g/mol. The number of likely N-dealkylation sites (N-methyl/N-ethyl adjacent to an activating group) is 1. The second-order valence-electron chi connectivity index (χ2n) is 13.9. The number of carbonyl (C=O) groups is 3. The summed E-state index contributed by atoms with van der Waals surface area (Å²) in [6.07, 6.45) is -6.08. The molecule has 0 spiro atoms. The van der Waals surface area contributed by atoms with Gasteiger partial charge in [0.25, 0.3) is 0 Å². The van der Waals surface area contributed by atoms with E-state index in [4.69, 9.17) is 14.2 Å². The molecule has 1 aromatic carbocycles. The standard InChI is InChI=1S/C35H56N2O11/c1-19(2)28-34(45)47-26(20(3)12-10-11-13-21(4)46-35-31(42)30(41)29(40)27(18-38)48-35)17-25(39)22(5)32(43)36-24(33(44)37(28)6)16-23-14-8-7-9-15-23/h7-9,14-15,19-22,24-31,35,38-42H,10-13,16-18H2,1-6H3,(H,36,43). The van der Waals surface area contributed by atoms with Gasteiger partial charge in [-0.25, -0.2) is 4.79 Å². The van der Waals surface area contributed by atoms with Crippen molar-refractivity contribution in [2.75, 3.05) is 13.7 Å². The summed E-state index contributed by atoms with van der Waals surface area (Å²) >= 11 is 0. The van der Waals surface area contributed by atoms with Crippen molar-refractivity contribution >= 4 is 17.8 Å². The summed E-state index contributed by atoms with van der Waals surface area (Å²) in [5.41, 5.74) is 0.845. The molecule has 0 saturated carbocycles. The van der Waals surface area contributed by atoms with Gasteiger partial charge in [0.15, 0.2) is 6.29 Å². The predicted octanol–water partition coefficient (Wildman–Crippen LogP) is 0.911. The van der Waals surface area contributed by atoms with Crippen molar-refractivity contribution in [2.24, 2.45) is 17.8 Å². The molecule has 0 bridgehead atoms. The van der Waals surface area contributed by atoms with Crippen molar-refractivity contribution < 1.29 is 54.1 Å². The molecule has 13 heteroatoms. The van der Waals surface area contributed by atoms with E-state index in [0.29, 0.717) is 25.7 Å². The Morgan fingerprint density at radius 3 is 2.23 bits per heavy atom. The smallest absolute Gasteiger partial charge is 0.329 e. The van der Waals surface area contributed by atoms with Gasteiger partial charge < -0.3 is 50.0 Å². The number of benzene rings is 1. The Labute approximate surface area is 283 Å². The van der Waals surface area contributed by atoms with E-state index in [9.17, 15) is 39.9 Å². The van der Waals surface area contributed by atoms with Gasteiger partial charge in [0.2, 0.25) is 11.8 Å². The normalized spacial score (nSPS) is 33.8. The molecule has 1 aromatic rings. The molecule has 2 fully saturated rings. The largest absolute Gasteiger partial charge is 0.460 e. The molecule has 12 atom stereocenters. The van der Waals surface area contributed by atoms with Gasteiger partial charge in [-0.2, -0.15) is 0 Å². The molecule has 0 aromatic heterocycles. The van der Waals surface area contributed by atoms with Crippen LogP contribution in [0.2, 0.25) is 0 Å². The highest BCUT2D eigenvalue weighted by molar-refractivity contribution is 5.91. The minimum Gasteiger partial charge on any atom is -0.460 e. The van der Waals surface area contributed by atoms with Crippen LogP contribution in [0.25, 0.3) is 0 Å². The van der Waals surface area contributed by atoms with Crippen molar-refractivity contribution in [1.82, 2.24) is 10.2 Å². The fourth-order valence-electron chi connectivity index (χ4n) is 6.41. The minimum atomic E-state index is -1.52. The number of nitrogens with zero attached hydrogens (tertiary/aromatic N) is 1. The van der Waals surface area contributed by atoms with Gasteiger partial charge in [-0.05, 0) is 37.2 Å². The number of nitrogens with one attached hydrogen (secondary N) is 1. The summed E-state index contributed by atoms with van der Waals surface area (Å²) in [5.74, 6) is -2.79. The lowest BCUT2D eigenvalue weighted by atomic mass is 9.89. The van der Waals surface area contributed by atoms with Crippen LogP contribution >= 0.6 is 0 Å². The van der Waals surface area contributed by atoms with Gasteiger partial charge in [0, 0.05) is 19.9 Å². The van der Waals surface area contributed by atoms with Crippen LogP contribution in [0, 0.1) is 17.8 Å². The van der Waals surface area contributed by atoms with Gasteiger partial charge in [-0.3, -0.25) is 9.59 Å². The third kappa shape index (κ3) is 10.4. The Balaban J connectivity index is 1.66.